The summed E-state index contributed by atoms with van der Waals surface area (Å²) in [6, 6.07) is 7.90. The minimum atomic E-state index is 0.0643. The molecule has 0 heterocycles. The molecule has 0 bridgehead atoms. The minimum Gasteiger partial charge on any atom is -0.497 e. The molecule has 0 saturated carbocycles. The number of ether oxygens (including phenoxy) is 1. The average Bonchev–Trinajstić information content (AvgIpc) is 2.60. The Morgan fingerprint density at radius 2 is 2.04 bits per heavy atom. The Hall–Kier alpha value is -1.81. The largest absolute Gasteiger partial charge is 0.497 e. The molecule has 4 nitrogen and oxygen atoms in total. The Morgan fingerprint density at radius 1 is 1.26 bits per heavy atom. The normalized spacial score (nSPS) is 15.7. The molecule has 126 valence electrons. The number of allylic oxidation sites excluding steroid dienone is 1. The maximum Gasteiger partial charge on any atom is 0.224 e. The molecule has 0 spiro atoms. The van der Waals surface area contributed by atoms with Gasteiger partial charge in [0.2, 0.25) is 5.91 Å². The Labute approximate surface area is 139 Å². The third-order valence-corrected chi connectivity index (χ3v) is 4.25. The summed E-state index contributed by atoms with van der Waals surface area (Å²) in [6.45, 7) is 3.68. The molecule has 0 fully saturated rings. The van der Waals surface area contributed by atoms with Gasteiger partial charge in [0, 0.05) is 12.6 Å². The molecular formula is C19H28N2O2. The average molecular weight is 316 g/mol. The molecule has 1 atom stereocenters. The van der Waals surface area contributed by atoms with Crippen LogP contribution in [0.2, 0.25) is 0 Å². The number of methoxy groups -OCH3 is 1. The van der Waals surface area contributed by atoms with Crippen molar-refractivity contribution in [1.29, 1.82) is 0 Å². The van der Waals surface area contributed by atoms with E-state index in [0.717, 1.165) is 30.7 Å². The molecule has 0 aliphatic heterocycles. The van der Waals surface area contributed by atoms with Crippen LogP contribution in [-0.4, -0.2) is 32.1 Å². The molecule has 4 heteroatoms. The first-order valence-corrected chi connectivity index (χ1v) is 8.55. The second-order valence-electron chi connectivity index (χ2n) is 5.96. The van der Waals surface area contributed by atoms with Gasteiger partial charge in [0.1, 0.15) is 5.75 Å². The molecule has 23 heavy (non-hydrogen) atoms. The number of carbonyl (C=O) groups is 1. The highest BCUT2D eigenvalue weighted by Gasteiger charge is 2.16. The van der Waals surface area contributed by atoms with Gasteiger partial charge >= 0.3 is 0 Å². The number of amides is 1. The lowest BCUT2D eigenvalue weighted by molar-refractivity contribution is -0.120. The van der Waals surface area contributed by atoms with Crippen molar-refractivity contribution in [3.8, 4) is 5.75 Å². The standard InChI is InChI=1S/C19H28N2O2/c1-3-20-18(16-7-5-4-6-8-16)14-21-19(22)13-15-9-11-17(23-2)12-10-15/h7,9-12,18,20H,3-6,8,13-14H2,1-2H3,(H,21,22). The number of hydrogen-bond acceptors (Lipinski definition) is 3. The molecule has 1 amide bonds. The molecule has 1 aromatic carbocycles. The third kappa shape index (κ3) is 5.71. The summed E-state index contributed by atoms with van der Waals surface area (Å²) in [5.74, 6) is 0.875. The molecule has 1 aliphatic rings. The molecule has 0 saturated heterocycles. The summed E-state index contributed by atoms with van der Waals surface area (Å²) in [6.07, 6.45) is 7.59. The minimum absolute atomic E-state index is 0.0643. The van der Waals surface area contributed by atoms with Crippen molar-refractivity contribution < 1.29 is 9.53 Å². The zero-order valence-corrected chi connectivity index (χ0v) is 14.2. The van der Waals surface area contributed by atoms with Crippen LogP contribution < -0.4 is 15.4 Å². The van der Waals surface area contributed by atoms with Gasteiger partial charge in [0.05, 0.1) is 13.5 Å². The van der Waals surface area contributed by atoms with Gasteiger partial charge in [-0.1, -0.05) is 30.7 Å². The Kier molecular flexibility index (Phi) is 7.14. The van der Waals surface area contributed by atoms with E-state index in [1.165, 1.54) is 18.4 Å². The molecule has 1 aliphatic carbocycles. The fourth-order valence-electron chi connectivity index (χ4n) is 2.97. The van der Waals surface area contributed by atoms with E-state index in [0.29, 0.717) is 13.0 Å². The zero-order valence-electron chi connectivity index (χ0n) is 14.2. The highest BCUT2D eigenvalue weighted by Crippen LogP contribution is 2.20. The number of rotatable bonds is 8. The van der Waals surface area contributed by atoms with Gasteiger partial charge in [-0.05, 0) is 49.9 Å². The van der Waals surface area contributed by atoms with Crippen LogP contribution in [0.5, 0.6) is 5.75 Å². The lowest BCUT2D eigenvalue weighted by Crippen LogP contribution is -2.42. The van der Waals surface area contributed by atoms with E-state index < -0.39 is 0 Å². The fourth-order valence-corrected chi connectivity index (χ4v) is 2.97. The van der Waals surface area contributed by atoms with Gasteiger partial charge in [0.15, 0.2) is 0 Å². The van der Waals surface area contributed by atoms with E-state index in [2.05, 4.69) is 23.6 Å². The van der Waals surface area contributed by atoms with E-state index in [9.17, 15) is 4.79 Å². The first-order chi connectivity index (χ1) is 11.2. The zero-order chi connectivity index (χ0) is 16.5. The molecule has 0 radical (unpaired) electrons. The second kappa shape index (κ2) is 9.36. The Bertz CT molecular complexity index is 523. The number of nitrogens with one attached hydrogen (secondary N) is 2. The van der Waals surface area contributed by atoms with E-state index in [-0.39, 0.29) is 11.9 Å². The highest BCUT2D eigenvalue weighted by molar-refractivity contribution is 5.78. The highest BCUT2D eigenvalue weighted by atomic mass is 16.5. The van der Waals surface area contributed by atoms with Crippen LogP contribution in [0.25, 0.3) is 0 Å². The van der Waals surface area contributed by atoms with Gasteiger partial charge in [-0.2, -0.15) is 0 Å². The fraction of sp³-hybridized carbons (Fsp3) is 0.526. The molecule has 2 N–H and O–H groups in total. The lowest BCUT2D eigenvalue weighted by Gasteiger charge is -2.24. The summed E-state index contributed by atoms with van der Waals surface area (Å²) in [7, 11) is 1.64. The maximum atomic E-state index is 12.2. The first-order valence-electron chi connectivity index (χ1n) is 8.55. The van der Waals surface area contributed by atoms with Crippen molar-refractivity contribution in [2.75, 3.05) is 20.2 Å². The van der Waals surface area contributed by atoms with Gasteiger partial charge in [-0.15, -0.1) is 0 Å². The maximum absolute atomic E-state index is 12.2. The molecular weight excluding hydrogens is 288 g/mol. The van der Waals surface area contributed by atoms with Crippen molar-refractivity contribution in [3.05, 3.63) is 41.5 Å². The summed E-state index contributed by atoms with van der Waals surface area (Å²) in [4.78, 5) is 12.2. The topological polar surface area (TPSA) is 50.4 Å². The quantitative estimate of drug-likeness (QED) is 0.725. The van der Waals surface area contributed by atoms with E-state index in [1.54, 1.807) is 7.11 Å². The van der Waals surface area contributed by atoms with Gasteiger partial charge in [0.25, 0.3) is 0 Å². The van der Waals surface area contributed by atoms with E-state index in [1.807, 2.05) is 24.3 Å². The summed E-state index contributed by atoms with van der Waals surface area (Å²) >= 11 is 0. The van der Waals surface area contributed by atoms with Crippen molar-refractivity contribution >= 4 is 5.91 Å². The number of hydrogen-bond donors (Lipinski definition) is 2. The number of carbonyl (C=O) groups excluding carboxylic acids is 1. The van der Waals surface area contributed by atoms with Crippen LogP contribution in [0.15, 0.2) is 35.9 Å². The first kappa shape index (κ1) is 17.5. The summed E-state index contributed by atoms with van der Waals surface area (Å²) < 4.78 is 5.13. The van der Waals surface area contributed by atoms with Crippen LogP contribution in [0, 0.1) is 0 Å². The Balaban J connectivity index is 1.84. The van der Waals surface area contributed by atoms with Crippen molar-refractivity contribution in [2.45, 2.75) is 45.1 Å². The van der Waals surface area contributed by atoms with Crippen LogP contribution >= 0.6 is 0 Å². The van der Waals surface area contributed by atoms with Crippen LogP contribution in [0.1, 0.15) is 38.2 Å². The summed E-state index contributed by atoms with van der Waals surface area (Å²) in [5, 5.41) is 6.56. The number of benzene rings is 1. The molecule has 2 rings (SSSR count). The molecule has 1 unspecified atom stereocenters. The van der Waals surface area contributed by atoms with Crippen LogP contribution in [0.3, 0.4) is 0 Å². The van der Waals surface area contributed by atoms with Gasteiger partial charge in [-0.3, -0.25) is 4.79 Å². The van der Waals surface area contributed by atoms with E-state index in [4.69, 9.17) is 4.74 Å². The predicted octanol–water partition coefficient (Wildman–Crippen LogP) is 2.83. The monoisotopic (exact) mass is 316 g/mol. The summed E-state index contributed by atoms with van der Waals surface area (Å²) in [5.41, 5.74) is 2.45. The van der Waals surface area contributed by atoms with Gasteiger partial charge in [-0.25, -0.2) is 0 Å². The second-order valence-corrected chi connectivity index (χ2v) is 5.96. The van der Waals surface area contributed by atoms with Crippen molar-refractivity contribution in [3.63, 3.8) is 0 Å². The SMILES string of the molecule is CCNC(CNC(=O)Cc1ccc(OC)cc1)C1=CCCCC1. The van der Waals surface area contributed by atoms with Crippen LogP contribution in [0.4, 0.5) is 0 Å². The third-order valence-electron chi connectivity index (χ3n) is 4.25. The van der Waals surface area contributed by atoms with Crippen LogP contribution in [-0.2, 0) is 11.2 Å². The van der Waals surface area contributed by atoms with Crippen molar-refractivity contribution in [1.82, 2.24) is 10.6 Å². The smallest absolute Gasteiger partial charge is 0.224 e. The van der Waals surface area contributed by atoms with Gasteiger partial charge < -0.3 is 15.4 Å². The molecule has 1 aromatic rings. The predicted molar refractivity (Wildman–Crippen MR) is 93.7 cm³/mol. The molecule has 0 aromatic heterocycles. The Morgan fingerprint density at radius 3 is 2.65 bits per heavy atom. The van der Waals surface area contributed by atoms with Crippen molar-refractivity contribution in [2.24, 2.45) is 0 Å². The van der Waals surface area contributed by atoms with E-state index >= 15 is 0 Å². The number of likely N-dealkylation sites (N-methyl/N-ethyl adjacent to an activating group) is 1. The lowest BCUT2D eigenvalue weighted by atomic mass is 9.93.